The van der Waals surface area contributed by atoms with Crippen molar-refractivity contribution in [1.82, 2.24) is 0 Å². The smallest absolute Gasteiger partial charge is 0.326 e. The van der Waals surface area contributed by atoms with Gasteiger partial charge < -0.3 is 4.74 Å². The van der Waals surface area contributed by atoms with Crippen LogP contribution < -0.4 is 4.31 Å². The number of hydrogen-bond acceptors (Lipinski definition) is 8. The minimum Gasteiger partial charge on any atom is -0.468 e. The average molecular weight is 430 g/mol. The Morgan fingerprint density at radius 1 is 1.14 bits per heavy atom. The fraction of sp³-hybridized carbons (Fsp3) is 0.133. The second-order valence-corrected chi connectivity index (χ2v) is 7.44. The molecular formula is C15H12ClN3O8S. The Balaban J connectivity index is 2.75. The van der Waals surface area contributed by atoms with E-state index in [0.717, 1.165) is 37.4 Å². The third kappa shape index (κ3) is 4.18. The number of esters is 1. The molecule has 0 saturated heterocycles. The molecule has 2 aromatic rings. The molecule has 2 rings (SSSR count). The molecule has 0 spiro atoms. The zero-order valence-corrected chi connectivity index (χ0v) is 15.7. The highest BCUT2D eigenvalue weighted by molar-refractivity contribution is 7.93. The molecule has 0 atom stereocenters. The normalized spacial score (nSPS) is 10.9. The number of ether oxygens (including phenoxy) is 1. The number of halogens is 1. The SMILES string of the molecule is COC(=O)CN(c1cc([N+](=O)[O-])ccc1Cl)S(=O)(=O)c1ccccc1[N+](=O)[O-]. The van der Waals surface area contributed by atoms with Gasteiger partial charge in [0, 0.05) is 18.2 Å². The molecule has 0 aliphatic carbocycles. The molecule has 0 saturated carbocycles. The maximum atomic E-state index is 13.1. The number of anilines is 1. The molecule has 13 heteroatoms. The Kier molecular flexibility index (Phi) is 6.16. The first-order chi connectivity index (χ1) is 13.1. The van der Waals surface area contributed by atoms with Gasteiger partial charge in [0.15, 0.2) is 4.90 Å². The molecule has 0 radical (unpaired) electrons. The number of sulfonamides is 1. The Hall–Kier alpha value is -3.25. The van der Waals surface area contributed by atoms with Gasteiger partial charge in [0.2, 0.25) is 0 Å². The van der Waals surface area contributed by atoms with E-state index in [1.54, 1.807) is 0 Å². The lowest BCUT2D eigenvalue weighted by Crippen LogP contribution is -2.36. The van der Waals surface area contributed by atoms with Gasteiger partial charge in [0.25, 0.3) is 21.4 Å². The number of nitro benzene ring substituents is 2. The van der Waals surface area contributed by atoms with E-state index in [1.807, 2.05) is 0 Å². The van der Waals surface area contributed by atoms with Crippen molar-refractivity contribution in [1.29, 1.82) is 0 Å². The molecule has 28 heavy (non-hydrogen) atoms. The molecular weight excluding hydrogens is 418 g/mol. The van der Waals surface area contributed by atoms with Crippen molar-refractivity contribution in [2.45, 2.75) is 4.90 Å². The van der Waals surface area contributed by atoms with E-state index in [2.05, 4.69) is 4.74 Å². The van der Waals surface area contributed by atoms with Gasteiger partial charge in [-0.2, -0.15) is 0 Å². The van der Waals surface area contributed by atoms with Gasteiger partial charge in [-0.1, -0.05) is 23.7 Å². The van der Waals surface area contributed by atoms with Crippen molar-refractivity contribution in [2.75, 3.05) is 18.0 Å². The Morgan fingerprint density at radius 3 is 2.36 bits per heavy atom. The second kappa shape index (κ2) is 8.19. The van der Waals surface area contributed by atoms with Crippen LogP contribution in [0, 0.1) is 20.2 Å². The van der Waals surface area contributed by atoms with E-state index in [9.17, 15) is 33.4 Å². The Labute approximate surface area is 163 Å². The van der Waals surface area contributed by atoms with Crippen molar-refractivity contribution in [3.8, 4) is 0 Å². The lowest BCUT2D eigenvalue weighted by Gasteiger charge is -2.24. The van der Waals surface area contributed by atoms with Crippen LogP contribution in [0.25, 0.3) is 0 Å². The van der Waals surface area contributed by atoms with Crippen molar-refractivity contribution in [3.05, 3.63) is 67.7 Å². The summed E-state index contributed by atoms with van der Waals surface area (Å²) in [6.45, 7) is -0.911. The minimum atomic E-state index is -4.72. The number of nitrogens with zero attached hydrogens (tertiary/aromatic N) is 3. The summed E-state index contributed by atoms with van der Waals surface area (Å²) < 4.78 is 31.2. The summed E-state index contributed by atoms with van der Waals surface area (Å²) in [5.41, 5.74) is -1.63. The van der Waals surface area contributed by atoms with Crippen molar-refractivity contribution < 1.29 is 27.8 Å². The predicted octanol–water partition coefficient (Wildman–Crippen LogP) is 2.52. The van der Waals surface area contributed by atoms with Crippen LogP contribution in [0.2, 0.25) is 5.02 Å². The summed E-state index contributed by atoms with van der Waals surface area (Å²) in [5, 5.41) is 22.0. The van der Waals surface area contributed by atoms with E-state index >= 15 is 0 Å². The Bertz CT molecular complexity index is 1060. The minimum absolute atomic E-state index is 0.225. The summed E-state index contributed by atoms with van der Waals surface area (Å²) in [6.07, 6.45) is 0. The third-order valence-electron chi connectivity index (χ3n) is 3.54. The fourth-order valence-corrected chi connectivity index (χ4v) is 4.08. The highest BCUT2D eigenvalue weighted by Gasteiger charge is 2.35. The summed E-state index contributed by atoms with van der Waals surface area (Å²) >= 11 is 6.00. The van der Waals surface area contributed by atoms with E-state index in [0.29, 0.717) is 4.31 Å². The fourth-order valence-electron chi connectivity index (χ4n) is 2.23. The lowest BCUT2D eigenvalue weighted by atomic mass is 10.3. The van der Waals surface area contributed by atoms with Gasteiger partial charge in [-0.15, -0.1) is 0 Å². The summed E-state index contributed by atoms with van der Waals surface area (Å²) in [4.78, 5) is 31.7. The average Bonchev–Trinajstić information content (AvgIpc) is 2.66. The van der Waals surface area contributed by atoms with Crippen LogP contribution in [0.5, 0.6) is 0 Å². The van der Waals surface area contributed by atoms with Crippen LogP contribution in [-0.2, 0) is 19.6 Å². The Morgan fingerprint density at radius 2 is 1.79 bits per heavy atom. The first-order valence-electron chi connectivity index (χ1n) is 7.36. The van der Waals surface area contributed by atoms with Gasteiger partial charge in [0.1, 0.15) is 6.54 Å². The number of non-ortho nitro benzene ring substituents is 1. The number of benzene rings is 2. The molecule has 0 aliphatic heterocycles. The number of hydrogen-bond donors (Lipinski definition) is 0. The summed E-state index contributed by atoms with van der Waals surface area (Å²) in [6, 6.07) is 7.43. The number of nitro groups is 2. The van der Waals surface area contributed by atoms with Gasteiger partial charge in [-0.3, -0.25) is 29.3 Å². The van der Waals surface area contributed by atoms with Crippen LogP contribution in [0.4, 0.5) is 17.1 Å². The molecule has 11 nitrogen and oxygen atoms in total. The highest BCUT2D eigenvalue weighted by atomic mass is 35.5. The van der Waals surface area contributed by atoms with Crippen molar-refractivity contribution >= 4 is 44.7 Å². The maximum absolute atomic E-state index is 13.1. The van der Waals surface area contributed by atoms with Gasteiger partial charge in [-0.25, -0.2) is 8.42 Å². The molecule has 0 amide bonds. The van der Waals surface area contributed by atoms with Gasteiger partial charge in [-0.05, 0) is 12.1 Å². The number of para-hydroxylation sites is 1. The van der Waals surface area contributed by atoms with Gasteiger partial charge in [0.05, 0.1) is 27.7 Å². The van der Waals surface area contributed by atoms with Gasteiger partial charge >= 0.3 is 5.97 Å². The summed E-state index contributed by atoms with van der Waals surface area (Å²) in [7, 11) is -3.71. The lowest BCUT2D eigenvalue weighted by molar-refractivity contribution is -0.387. The molecule has 0 bridgehead atoms. The molecule has 0 aromatic heterocycles. The molecule has 0 fully saturated rings. The van der Waals surface area contributed by atoms with Crippen LogP contribution in [0.1, 0.15) is 0 Å². The summed E-state index contributed by atoms with van der Waals surface area (Å²) in [5.74, 6) is -1.01. The quantitative estimate of drug-likeness (QED) is 0.370. The first-order valence-corrected chi connectivity index (χ1v) is 9.18. The number of carbonyl (C=O) groups excluding carboxylic acids is 1. The second-order valence-electron chi connectivity index (χ2n) is 5.21. The molecule has 0 N–H and O–H groups in total. The maximum Gasteiger partial charge on any atom is 0.326 e. The van der Waals surface area contributed by atoms with Crippen LogP contribution in [-0.4, -0.2) is 37.9 Å². The zero-order chi connectivity index (χ0) is 21.1. The highest BCUT2D eigenvalue weighted by Crippen LogP contribution is 2.35. The van der Waals surface area contributed by atoms with Crippen LogP contribution >= 0.6 is 11.6 Å². The van der Waals surface area contributed by atoms with E-state index in [1.165, 1.54) is 12.1 Å². The molecule has 0 aliphatic rings. The van der Waals surface area contributed by atoms with Crippen molar-refractivity contribution in [2.24, 2.45) is 0 Å². The molecule has 0 heterocycles. The third-order valence-corrected chi connectivity index (χ3v) is 5.67. The van der Waals surface area contributed by atoms with Crippen molar-refractivity contribution in [3.63, 3.8) is 0 Å². The van der Waals surface area contributed by atoms with E-state index in [4.69, 9.17) is 11.6 Å². The van der Waals surface area contributed by atoms with Crippen LogP contribution in [0.15, 0.2) is 47.4 Å². The molecule has 148 valence electrons. The predicted molar refractivity (Wildman–Crippen MR) is 97.8 cm³/mol. The zero-order valence-electron chi connectivity index (χ0n) is 14.1. The topological polar surface area (TPSA) is 150 Å². The molecule has 2 aromatic carbocycles. The number of rotatable bonds is 7. The standard InChI is InChI=1S/C15H12ClN3O8S/c1-27-15(20)9-17(13-8-10(18(21)22)6-7-11(13)16)28(25,26)14-5-3-2-4-12(14)19(23)24/h2-8H,9H2,1H3. The monoisotopic (exact) mass is 429 g/mol. The molecule has 0 unspecified atom stereocenters. The first kappa shape index (κ1) is 21.1. The van der Waals surface area contributed by atoms with Crippen LogP contribution in [0.3, 0.4) is 0 Å². The number of methoxy groups -OCH3 is 1. The van der Waals surface area contributed by atoms with E-state index < -0.39 is 54.3 Å². The largest absolute Gasteiger partial charge is 0.468 e. The van der Waals surface area contributed by atoms with E-state index in [-0.39, 0.29) is 5.02 Å². The number of carbonyl (C=O) groups is 1.